The fourth-order valence-corrected chi connectivity index (χ4v) is 1.93. The highest BCUT2D eigenvalue weighted by Crippen LogP contribution is 2.22. The second-order valence-electron chi connectivity index (χ2n) is 4.26. The average molecular weight is 280 g/mol. The lowest BCUT2D eigenvalue weighted by Gasteiger charge is -2.15. The Balaban J connectivity index is 2.09. The number of hydrogen-bond donors (Lipinski definition) is 1. The Morgan fingerprint density at radius 1 is 1.40 bits per heavy atom. The molecule has 20 heavy (non-hydrogen) atoms. The van der Waals surface area contributed by atoms with Crippen LogP contribution in [-0.2, 0) is 19.1 Å². The van der Waals surface area contributed by atoms with Gasteiger partial charge in [0.15, 0.2) is 0 Å². The molecule has 2 rings (SSSR count). The highest BCUT2D eigenvalue weighted by atomic mass is 19.1. The number of amides is 2. The predicted octanol–water partition coefficient (Wildman–Crippen LogP) is 0.220. The van der Waals surface area contributed by atoms with Crippen LogP contribution in [0.3, 0.4) is 0 Å². The first kappa shape index (κ1) is 14.1. The van der Waals surface area contributed by atoms with E-state index in [0.717, 1.165) is 4.90 Å². The van der Waals surface area contributed by atoms with Crippen LogP contribution in [-0.4, -0.2) is 37.5 Å². The van der Waals surface area contributed by atoms with Crippen LogP contribution in [0, 0.1) is 5.82 Å². The number of rotatable bonds is 4. The summed E-state index contributed by atoms with van der Waals surface area (Å²) in [6.07, 6.45) is -0.0484. The summed E-state index contributed by atoms with van der Waals surface area (Å²) in [6, 6.07) is 4.28. The monoisotopic (exact) mass is 280 g/mol. The van der Waals surface area contributed by atoms with Gasteiger partial charge in [-0.15, -0.1) is 0 Å². The van der Waals surface area contributed by atoms with Crippen molar-refractivity contribution in [2.24, 2.45) is 0 Å². The summed E-state index contributed by atoms with van der Waals surface area (Å²) in [7, 11) is 1.23. The van der Waals surface area contributed by atoms with Gasteiger partial charge in [0.05, 0.1) is 31.8 Å². The van der Waals surface area contributed by atoms with Crippen LogP contribution < -0.4 is 10.2 Å². The SMILES string of the molecule is COC(=O)CNC1CC(=O)N(c2ccc(F)cc2)C1=O. The Hall–Kier alpha value is -2.28. The maximum Gasteiger partial charge on any atom is 0.319 e. The fourth-order valence-electron chi connectivity index (χ4n) is 1.93. The summed E-state index contributed by atoms with van der Waals surface area (Å²) >= 11 is 0. The van der Waals surface area contributed by atoms with Crippen molar-refractivity contribution in [3.8, 4) is 0 Å². The lowest BCUT2D eigenvalue weighted by molar-refractivity contribution is -0.139. The zero-order valence-electron chi connectivity index (χ0n) is 10.8. The number of ether oxygens (including phenoxy) is 1. The molecule has 0 saturated carbocycles. The third-order valence-corrected chi connectivity index (χ3v) is 2.95. The van der Waals surface area contributed by atoms with E-state index in [1.165, 1.54) is 31.4 Å². The summed E-state index contributed by atoms with van der Waals surface area (Å²) in [5.74, 6) is -1.84. The number of nitrogens with one attached hydrogen (secondary N) is 1. The first-order valence-electron chi connectivity index (χ1n) is 5.95. The van der Waals surface area contributed by atoms with Gasteiger partial charge in [-0.3, -0.25) is 19.7 Å². The number of anilines is 1. The van der Waals surface area contributed by atoms with E-state index in [1.54, 1.807) is 0 Å². The zero-order chi connectivity index (χ0) is 14.7. The number of methoxy groups -OCH3 is 1. The fraction of sp³-hybridized carbons (Fsp3) is 0.308. The molecule has 1 unspecified atom stereocenters. The zero-order valence-corrected chi connectivity index (χ0v) is 10.8. The first-order chi connectivity index (χ1) is 9.52. The molecule has 0 radical (unpaired) electrons. The standard InChI is InChI=1S/C13H13FN2O4/c1-20-12(18)7-15-10-6-11(17)16(13(10)19)9-4-2-8(14)3-5-9/h2-5,10,15H,6-7H2,1H3. The number of halogens is 1. The third kappa shape index (κ3) is 2.83. The van der Waals surface area contributed by atoms with Crippen molar-refractivity contribution in [3.05, 3.63) is 30.1 Å². The molecule has 0 aliphatic carbocycles. The van der Waals surface area contributed by atoms with Crippen LogP contribution in [0.25, 0.3) is 0 Å². The molecule has 1 saturated heterocycles. The van der Waals surface area contributed by atoms with Crippen molar-refractivity contribution in [3.63, 3.8) is 0 Å². The molecule has 1 heterocycles. The van der Waals surface area contributed by atoms with E-state index in [1.807, 2.05) is 0 Å². The maximum absolute atomic E-state index is 12.8. The maximum atomic E-state index is 12.8. The minimum absolute atomic E-state index is 0.0484. The Morgan fingerprint density at radius 2 is 2.05 bits per heavy atom. The van der Waals surface area contributed by atoms with Crippen LogP contribution in [0.1, 0.15) is 6.42 Å². The van der Waals surface area contributed by atoms with E-state index in [-0.39, 0.29) is 13.0 Å². The molecule has 1 N–H and O–H groups in total. The quantitative estimate of drug-likeness (QED) is 0.631. The topological polar surface area (TPSA) is 75.7 Å². The molecular weight excluding hydrogens is 267 g/mol. The van der Waals surface area contributed by atoms with Gasteiger partial charge in [-0.2, -0.15) is 0 Å². The highest BCUT2D eigenvalue weighted by Gasteiger charge is 2.39. The predicted molar refractivity (Wildman–Crippen MR) is 67.3 cm³/mol. The van der Waals surface area contributed by atoms with Crippen LogP contribution in [0.15, 0.2) is 24.3 Å². The molecule has 0 bridgehead atoms. The number of benzene rings is 1. The Kier molecular flexibility index (Phi) is 4.09. The number of carbonyl (C=O) groups excluding carboxylic acids is 3. The van der Waals surface area contributed by atoms with Crippen LogP contribution in [0.4, 0.5) is 10.1 Å². The minimum atomic E-state index is -0.772. The molecule has 0 aromatic heterocycles. The number of hydrogen-bond acceptors (Lipinski definition) is 5. The molecule has 1 fully saturated rings. The lowest BCUT2D eigenvalue weighted by atomic mass is 10.2. The second kappa shape index (κ2) is 5.79. The summed E-state index contributed by atoms with van der Waals surface area (Å²) in [5, 5.41) is 2.66. The molecular formula is C13H13FN2O4. The van der Waals surface area contributed by atoms with Gasteiger partial charge in [0.25, 0.3) is 5.91 Å². The third-order valence-electron chi connectivity index (χ3n) is 2.95. The van der Waals surface area contributed by atoms with Crippen LogP contribution in [0.5, 0.6) is 0 Å². The highest BCUT2D eigenvalue weighted by molar-refractivity contribution is 6.22. The number of imide groups is 1. The minimum Gasteiger partial charge on any atom is -0.468 e. The smallest absolute Gasteiger partial charge is 0.319 e. The van der Waals surface area contributed by atoms with Gasteiger partial charge in [0, 0.05) is 0 Å². The number of esters is 1. The Morgan fingerprint density at radius 3 is 2.65 bits per heavy atom. The van der Waals surface area contributed by atoms with Gasteiger partial charge in [-0.1, -0.05) is 0 Å². The van der Waals surface area contributed by atoms with E-state index in [0.29, 0.717) is 5.69 Å². The summed E-state index contributed by atoms with van der Waals surface area (Å²) in [4.78, 5) is 35.9. The van der Waals surface area contributed by atoms with E-state index < -0.39 is 29.6 Å². The molecule has 0 spiro atoms. The molecule has 1 aromatic carbocycles. The normalized spacial score (nSPS) is 18.5. The van der Waals surface area contributed by atoms with Crippen molar-refractivity contribution in [2.45, 2.75) is 12.5 Å². The van der Waals surface area contributed by atoms with Gasteiger partial charge < -0.3 is 4.74 Å². The second-order valence-corrected chi connectivity index (χ2v) is 4.26. The number of carbonyl (C=O) groups is 3. The summed E-state index contributed by atoms with van der Waals surface area (Å²) in [5.41, 5.74) is 0.309. The molecule has 6 nitrogen and oxygen atoms in total. The van der Waals surface area contributed by atoms with Gasteiger partial charge in [0.1, 0.15) is 5.82 Å². The van der Waals surface area contributed by atoms with Crippen molar-refractivity contribution in [1.29, 1.82) is 0 Å². The van der Waals surface area contributed by atoms with E-state index in [9.17, 15) is 18.8 Å². The van der Waals surface area contributed by atoms with Crippen molar-refractivity contribution in [1.82, 2.24) is 5.32 Å². The summed E-state index contributed by atoms with van der Waals surface area (Å²) in [6.45, 7) is -0.155. The van der Waals surface area contributed by atoms with Gasteiger partial charge in [-0.25, -0.2) is 9.29 Å². The average Bonchev–Trinajstić information content (AvgIpc) is 2.72. The van der Waals surface area contributed by atoms with Crippen molar-refractivity contribution in [2.75, 3.05) is 18.6 Å². The van der Waals surface area contributed by atoms with Gasteiger partial charge in [0.2, 0.25) is 5.91 Å². The largest absolute Gasteiger partial charge is 0.468 e. The van der Waals surface area contributed by atoms with E-state index in [4.69, 9.17) is 0 Å². The molecule has 7 heteroatoms. The number of nitrogens with zero attached hydrogens (tertiary/aromatic N) is 1. The van der Waals surface area contributed by atoms with Crippen LogP contribution in [0.2, 0.25) is 0 Å². The van der Waals surface area contributed by atoms with Crippen molar-refractivity contribution >= 4 is 23.5 Å². The molecule has 1 aliphatic heterocycles. The van der Waals surface area contributed by atoms with Crippen molar-refractivity contribution < 1.29 is 23.5 Å². The molecule has 1 aromatic rings. The van der Waals surface area contributed by atoms with Gasteiger partial charge in [-0.05, 0) is 24.3 Å². The molecule has 1 aliphatic rings. The Bertz CT molecular complexity index is 544. The Labute approximate surface area is 114 Å². The van der Waals surface area contributed by atoms with Gasteiger partial charge >= 0.3 is 5.97 Å². The lowest BCUT2D eigenvalue weighted by Crippen LogP contribution is -2.41. The molecule has 2 amide bonds. The molecule has 1 atom stereocenters. The van der Waals surface area contributed by atoms with E-state index in [2.05, 4.69) is 10.1 Å². The first-order valence-corrected chi connectivity index (χ1v) is 5.95. The summed E-state index contributed by atoms with van der Waals surface area (Å²) < 4.78 is 17.3. The molecule has 106 valence electrons. The van der Waals surface area contributed by atoms with Crippen LogP contribution >= 0.6 is 0 Å². The van der Waals surface area contributed by atoms with E-state index >= 15 is 0 Å².